The number of hydrogen-bond acceptors (Lipinski definition) is 5. The molecular weight excluding hydrogens is 355 g/mol. The Morgan fingerprint density at radius 1 is 1.12 bits per heavy atom. The zero-order valence-corrected chi connectivity index (χ0v) is 13.9. The van der Waals surface area contributed by atoms with Gasteiger partial charge in [-0.25, -0.2) is 12.8 Å². The first-order valence-electron chi connectivity index (χ1n) is 6.96. The molecule has 0 fully saturated rings. The molecule has 124 valence electrons. The Morgan fingerprint density at radius 2 is 1.88 bits per heavy atom. The molecule has 1 aromatic heterocycles. The van der Waals surface area contributed by atoms with E-state index in [4.69, 9.17) is 11.6 Å². The van der Waals surface area contributed by atoms with E-state index in [0.717, 1.165) is 0 Å². The molecule has 3 rings (SSSR count). The minimum Gasteiger partial charge on any atom is -0.224 e. The van der Waals surface area contributed by atoms with Crippen molar-refractivity contribution in [2.45, 2.75) is 11.4 Å². The average Bonchev–Trinajstić information content (AvgIpc) is 3.03. The van der Waals surface area contributed by atoms with Crippen LogP contribution in [0.25, 0.3) is 11.4 Å². The van der Waals surface area contributed by atoms with Crippen LogP contribution < -0.4 is 0 Å². The quantitative estimate of drug-likeness (QED) is 0.693. The lowest BCUT2D eigenvalue weighted by atomic mass is 10.2. The van der Waals surface area contributed by atoms with Crippen molar-refractivity contribution in [1.29, 1.82) is 0 Å². The van der Waals surface area contributed by atoms with Crippen LogP contribution >= 0.6 is 11.6 Å². The van der Waals surface area contributed by atoms with Gasteiger partial charge in [-0.05, 0) is 41.6 Å². The van der Waals surface area contributed by atoms with E-state index in [2.05, 4.69) is 15.4 Å². The molecule has 0 radical (unpaired) electrons. The third-order valence-electron chi connectivity index (χ3n) is 3.27. The molecule has 0 saturated carbocycles. The summed E-state index contributed by atoms with van der Waals surface area (Å²) in [5.74, 6) is -0.360. The fourth-order valence-electron chi connectivity index (χ4n) is 2.04. The summed E-state index contributed by atoms with van der Waals surface area (Å²) in [7, 11) is -3.48. The van der Waals surface area contributed by atoms with Crippen LogP contribution in [0.5, 0.6) is 0 Å². The normalized spacial score (nSPS) is 11.6. The summed E-state index contributed by atoms with van der Waals surface area (Å²) in [4.78, 5) is 1.35. The second-order valence-corrected chi connectivity index (χ2v) is 7.54. The number of rotatable bonds is 5. The second kappa shape index (κ2) is 6.66. The van der Waals surface area contributed by atoms with E-state index in [-0.39, 0.29) is 23.0 Å². The molecule has 24 heavy (non-hydrogen) atoms. The van der Waals surface area contributed by atoms with Crippen LogP contribution in [-0.2, 0) is 16.4 Å². The summed E-state index contributed by atoms with van der Waals surface area (Å²) in [6.07, 6.45) is 0. The molecule has 0 atom stereocenters. The van der Waals surface area contributed by atoms with Crippen LogP contribution in [0.4, 0.5) is 4.39 Å². The zero-order valence-electron chi connectivity index (χ0n) is 12.3. The maximum Gasteiger partial charge on any atom is 0.205 e. The highest BCUT2D eigenvalue weighted by Crippen LogP contribution is 2.16. The lowest BCUT2D eigenvalue weighted by molar-refractivity contribution is 0.538. The van der Waals surface area contributed by atoms with E-state index in [0.29, 0.717) is 10.6 Å². The van der Waals surface area contributed by atoms with E-state index in [1.54, 1.807) is 6.07 Å². The van der Waals surface area contributed by atoms with Gasteiger partial charge in [-0.15, -0.1) is 10.2 Å². The topological polar surface area (TPSA) is 77.7 Å². The molecule has 0 spiro atoms. The Bertz CT molecular complexity index is 958. The monoisotopic (exact) mass is 366 g/mol. The lowest BCUT2D eigenvalue weighted by Crippen LogP contribution is -2.15. The van der Waals surface area contributed by atoms with Crippen molar-refractivity contribution in [2.24, 2.45) is 0 Å². The molecule has 0 amide bonds. The van der Waals surface area contributed by atoms with Crippen LogP contribution in [0.1, 0.15) is 0 Å². The first kappa shape index (κ1) is 16.5. The molecule has 9 heteroatoms. The van der Waals surface area contributed by atoms with Crippen LogP contribution in [0.2, 0.25) is 5.02 Å². The smallest absolute Gasteiger partial charge is 0.205 e. The van der Waals surface area contributed by atoms with Crippen LogP contribution in [-0.4, -0.2) is 34.4 Å². The van der Waals surface area contributed by atoms with Crippen molar-refractivity contribution >= 4 is 21.4 Å². The van der Waals surface area contributed by atoms with E-state index < -0.39 is 15.7 Å². The predicted octanol–water partition coefficient (Wildman–Crippen LogP) is 2.61. The largest absolute Gasteiger partial charge is 0.224 e. The van der Waals surface area contributed by atoms with Gasteiger partial charge in [0, 0.05) is 10.6 Å². The Balaban J connectivity index is 1.72. The van der Waals surface area contributed by atoms with Crippen molar-refractivity contribution < 1.29 is 12.8 Å². The van der Waals surface area contributed by atoms with E-state index in [1.807, 2.05) is 0 Å². The minimum atomic E-state index is -3.48. The molecule has 0 aliphatic carbocycles. The predicted molar refractivity (Wildman–Crippen MR) is 86.7 cm³/mol. The van der Waals surface area contributed by atoms with Gasteiger partial charge >= 0.3 is 0 Å². The van der Waals surface area contributed by atoms with Gasteiger partial charge < -0.3 is 0 Å². The van der Waals surface area contributed by atoms with Crippen molar-refractivity contribution in [3.63, 3.8) is 0 Å². The van der Waals surface area contributed by atoms with Crippen molar-refractivity contribution in [3.05, 3.63) is 59.4 Å². The van der Waals surface area contributed by atoms with Gasteiger partial charge in [-0.2, -0.15) is 4.80 Å². The Morgan fingerprint density at radius 3 is 2.58 bits per heavy atom. The van der Waals surface area contributed by atoms with Gasteiger partial charge in [-0.3, -0.25) is 0 Å². The minimum absolute atomic E-state index is 0.0350. The van der Waals surface area contributed by atoms with Crippen LogP contribution in [0, 0.1) is 5.82 Å². The summed E-state index contributed by atoms with van der Waals surface area (Å²) >= 11 is 5.75. The Hall–Kier alpha value is -2.32. The fourth-order valence-corrected chi connectivity index (χ4v) is 3.36. The molecule has 6 nitrogen and oxygen atoms in total. The van der Waals surface area contributed by atoms with Gasteiger partial charge in [0.25, 0.3) is 0 Å². The number of aryl methyl sites for hydroxylation is 1. The highest BCUT2D eigenvalue weighted by atomic mass is 35.5. The van der Waals surface area contributed by atoms with Crippen molar-refractivity contribution in [2.75, 3.05) is 5.75 Å². The Labute approximate surface area is 142 Å². The molecule has 3 aromatic rings. The fraction of sp³-hybridized carbons (Fsp3) is 0.133. The number of nitrogens with zero attached hydrogens (tertiary/aromatic N) is 4. The average molecular weight is 367 g/mol. The number of benzene rings is 2. The molecule has 0 aliphatic heterocycles. The third-order valence-corrected chi connectivity index (χ3v) is 5.23. The number of hydrogen-bond donors (Lipinski definition) is 0. The first-order valence-corrected chi connectivity index (χ1v) is 8.99. The van der Waals surface area contributed by atoms with Crippen LogP contribution in [0.3, 0.4) is 0 Å². The van der Waals surface area contributed by atoms with Gasteiger partial charge in [0.2, 0.25) is 5.82 Å². The number of aromatic nitrogens is 4. The van der Waals surface area contributed by atoms with Crippen LogP contribution in [0.15, 0.2) is 53.4 Å². The molecule has 0 unspecified atom stereocenters. The standard InChI is InChI=1S/C15H12ClFN4O2S/c16-12-4-6-14(7-5-12)24(22,23)9-8-21-19-15(18-20-21)11-2-1-3-13(17)10-11/h1-7,10H,8-9H2. The summed E-state index contributed by atoms with van der Waals surface area (Å²) in [6.45, 7) is 0.0350. The summed E-state index contributed by atoms with van der Waals surface area (Å²) in [5.41, 5.74) is 0.474. The Kier molecular flexibility index (Phi) is 4.59. The van der Waals surface area contributed by atoms with Crippen molar-refractivity contribution in [1.82, 2.24) is 20.2 Å². The van der Waals surface area contributed by atoms with Gasteiger partial charge in [0.05, 0.1) is 17.2 Å². The van der Waals surface area contributed by atoms with Gasteiger partial charge in [-0.1, -0.05) is 23.7 Å². The lowest BCUT2D eigenvalue weighted by Gasteiger charge is -2.03. The zero-order chi connectivity index (χ0) is 17.2. The SMILES string of the molecule is O=S(=O)(CCn1nnc(-c2cccc(F)c2)n1)c1ccc(Cl)cc1. The molecule has 0 bridgehead atoms. The molecule has 0 N–H and O–H groups in total. The van der Waals surface area contributed by atoms with Gasteiger partial charge in [0.1, 0.15) is 5.82 Å². The van der Waals surface area contributed by atoms with E-state index in [9.17, 15) is 12.8 Å². The number of sulfone groups is 1. The van der Waals surface area contributed by atoms with E-state index >= 15 is 0 Å². The van der Waals surface area contributed by atoms with E-state index in [1.165, 1.54) is 47.3 Å². The number of halogens is 2. The highest BCUT2D eigenvalue weighted by Gasteiger charge is 2.16. The molecular formula is C15H12ClFN4O2S. The maximum absolute atomic E-state index is 13.2. The second-order valence-electron chi connectivity index (χ2n) is 4.99. The summed E-state index contributed by atoms with van der Waals surface area (Å²) in [6, 6.07) is 11.7. The highest BCUT2D eigenvalue weighted by molar-refractivity contribution is 7.91. The first-order chi connectivity index (χ1) is 11.4. The number of tetrazole rings is 1. The molecule has 0 saturated heterocycles. The van der Waals surface area contributed by atoms with Crippen molar-refractivity contribution in [3.8, 4) is 11.4 Å². The molecule has 1 heterocycles. The molecule has 2 aromatic carbocycles. The maximum atomic E-state index is 13.2. The van der Waals surface area contributed by atoms with Gasteiger partial charge in [0.15, 0.2) is 9.84 Å². The third kappa shape index (κ3) is 3.77. The molecule has 0 aliphatic rings. The summed E-state index contributed by atoms with van der Waals surface area (Å²) in [5, 5.41) is 12.2. The summed E-state index contributed by atoms with van der Waals surface area (Å²) < 4.78 is 37.7.